The number of ether oxygens (including phenoxy) is 1. The van der Waals surface area contributed by atoms with E-state index < -0.39 is 29.2 Å². The smallest absolute Gasteiger partial charge is 0.352 e. The zero-order chi connectivity index (χ0) is 27.0. The monoisotopic (exact) mass is 560 g/mol. The number of oxime groups is 1. The van der Waals surface area contributed by atoms with Gasteiger partial charge in [-0.05, 0) is 12.0 Å². The van der Waals surface area contributed by atoms with Crippen molar-refractivity contribution in [2.75, 3.05) is 25.2 Å². The lowest BCUT2D eigenvalue weighted by Gasteiger charge is -2.49. The molecular weight excluding hydrogens is 538 g/mol. The summed E-state index contributed by atoms with van der Waals surface area (Å²) in [4.78, 5) is 48.1. The number of carboxylic acids is 1. The number of carbonyl (C=O) groups excluding carboxylic acids is 2. The van der Waals surface area contributed by atoms with Crippen LogP contribution < -0.4 is 20.4 Å². The zero-order valence-corrected chi connectivity index (χ0v) is 21.7. The van der Waals surface area contributed by atoms with Crippen molar-refractivity contribution in [2.24, 2.45) is 5.16 Å². The number of nitrogen functional groups attached to an aromatic ring is 1. The highest BCUT2D eigenvalue weighted by Gasteiger charge is 2.54. The molecule has 0 bridgehead atoms. The number of carboxylic acid groups (broad SMARTS) is 1. The van der Waals surface area contributed by atoms with E-state index in [9.17, 15) is 19.5 Å². The lowest BCUT2D eigenvalue weighted by molar-refractivity contribution is -0.662. The molecule has 198 valence electrons. The lowest BCUT2D eigenvalue weighted by atomic mass is 10.0. The van der Waals surface area contributed by atoms with Gasteiger partial charge in [0.05, 0.1) is 6.61 Å². The van der Waals surface area contributed by atoms with Crippen molar-refractivity contribution in [1.29, 1.82) is 0 Å². The largest absolute Gasteiger partial charge is 0.477 e. The summed E-state index contributed by atoms with van der Waals surface area (Å²) in [5.41, 5.74) is 6.51. The molecule has 1 fully saturated rings. The number of hydrogen-bond donors (Lipinski definition) is 3. The molecule has 5 heterocycles. The molecule has 3 aromatic heterocycles. The van der Waals surface area contributed by atoms with E-state index in [2.05, 4.69) is 24.9 Å². The van der Waals surface area contributed by atoms with Gasteiger partial charge in [0.2, 0.25) is 11.5 Å². The van der Waals surface area contributed by atoms with Gasteiger partial charge in [0.25, 0.3) is 17.7 Å². The second-order valence-corrected chi connectivity index (χ2v) is 9.92. The Kier molecular flexibility index (Phi) is 6.85. The van der Waals surface area contributed by atoms with Crippen LogP contribution in [0.15, 0.2) is 41.0 Å². The predicted octanol–water partition coefficient (Wildman–Crippen LogP) is -0.756. The minimum absolute atomic E-state index is 0.0418. The highest BCUT2D eigenvalue weighted by Crippen LogP contribution is 2.40. The molecule has 0 aliphatic carbocycles. The SMILES string of the molecule is CCOc1ccc2n(cc[n+]2CC2=C(C(=O)O)N3C(=O)[C@@H](NC(=O)/C(=N\OC)c4nsc(N)n4)[C@H]3SC2)n1. The Morgan fingerprint density at radius 2 is 2.21 bits per heavy atom. The van der Waals surface area contributed by atoms with Crippen molar-refractivity contribution in [2.45, 2.75) is 24.9 Å². The van der Waals surface area contributed by atoms with Crippen LogP contribution in [0.3, 0.4) is 0 Å². The summed E-state index contributed by atoms with van der Waals surface area (Å²) in [5, 5.41) is 20.2. The second kappa shape index (κ2) is 10.3. The van der Waals surface area contributed by atoms with Crippen LogP contribution in [0.2, 0.25) is 0 Å². The minimum atomic E-state index is -1.23. The van der Waals surface area contributed by atoms with E-state index in [1.165, 1.54) is 23.8 Å². The molecule has 38 heavy (non-hydrogen) atoms. The normalized spacial score (nSPS) is 19.3. The van der Waals surface area contributed by atoms with Crippen LogP contribution in [0.25, 0.3) is 5.65 Å². The Hall–Kier alpha value is -4.25. The first-order chi connectivity index (χ1) is 18.3. The number of rotatable bonds is 9. The van der Waals surface area contributed by atoms with Crippen LogP contribution >= 0.6 is 23.3 Å². The Morgan fingerprint density at radius 1 is 1.39 bits per heavy atom. The summed E-state index contributed by atoms with van der Waals surface area (Å²) < 4.78 is 12.9. The number of fused-ring (bicyclic) bond motifs is 2. The number of nitrogens with zero attached hydrogens (tertiary/aromatic N) is 7. The van der Waals surface area contributed by atoms with Gasteiger partial charge in [0.15, 0.2) is 11.3 Å². The molecule has 0 radical (unpaired) electrons. The number of hydrogen-bond acceptors (Lipinski definition) is 12. The van der Waals surface area contributed by atoms with Gasteiger partial charge in [0.1, 0.15) is 37.0 Å². The number of aromatic nitrogens is 5. The molecule has 2 aliphatic rings. The summed E-state index contributed by atoms with van der Waals surface area (Å²) in [7, 11) is 1.25. The Morgan fingerprint density at radius 3 is 2.89 bits per heavy atom. The van der Waals surface area contributed by atoms with E-state index in [4.69, 9.17) is 15.3 Å². The Balaban J connectivity index is 1.36. The first-order valence-corrected chi connectivity index (χ1v) is 13.1. The Labute approximate surface area is 223 Å². The average molecular weight is 561 g/mol. The third-order valence-electron chi connectivity index (χ3n) is 5.74. The second-order valence-electron chi connectivity index (χ2n) is 8.03. The molecule has 0 aromatic carbocycles. The van der Waals surface area contributed by atoms with Crippen molar-refractivity contribution in [3.8, 4) is 5.88 Å². The molecule has 2 atom stereocenters. The van der Waals surface area contributed by atoms with Crippen LogP contribution in [-0.4, -0.2) is 83.4 Å². The fraction of sp³-hybridized carbons (Fsp3) is 0.333. The third kappa shape index (κ3) is 4.49. The lowest BCUT2D eigenvalue weighted by Crippen LogP contribution is -2.71. The quantitative estimate of drug-likeness (QED) is 0.129. The number of imidazole rings is 1. The molecule has 0 saturated carbocycles. The maximum Gasteiger partial charge on any atom is 0.352 e. The average Bonchev–Trinajstić information content (AvgIpc) is 3.51. The van der Waals surface area contributed by atoms with Crippen LogP contribution in [0.5, 0.6) is 5.88 Å². The number of carbonyl (C=O) groups is 3. The molecule has 0 unspecified atom stereocenters. The molecule has 1 saturated heterocycles. The molecule has 15 nitrogen and oxygen atoms in total. The van der Waals surface area contributed by atoms with Gasteiger partial charge in [0, 0.05) is 35.0 Å². The maximum absolute atomic E-state index is 13.1. The van der Waals surface area contributed by atoms with Crippen molar-refractivity contribution >= 4 is 57.6 Å². The van der Waals surface area contributed by atoms with E-state index in [1.807, 2.05) is 17.6 Å². The van der Waals surface area contributed by atoms with E-state index in [-0.39, 0.29) is 28.9 Å². The summed E-state index contributed by atoms with van der Waals surface area (Å²) >= 11 is 2.23. The van der Waals surface area contributed by atoms with Crippen molar-refractivity contribution < 1.29 is 33.6 Å². The molecule has 5 rings (SSSR count). The first-order valence-electron chi connectivity index (χ1n) is 11.2. The number of β-lactam (4-membered cyclic amide) rings is 1. The molecule has 2 aliphatic heterocycles. The van der Waals surface area contributed by atoms with E-state index in [0.717, 1.165) is 17.2 Å². The molecule has 3 aromatic rings. The fourth-order valence-electron chi connectivity index (χ4n) is 4.16. The standard InChI is InChI=1S/C21H21N9O6S2/c1-3-36-11-4-5-12-28(6-7-29(12)25-11)8-10-9-37-19-14(18(32)30(19)15(10)20(33)34)23-17(31)13(26-35-2)16-24-21(22)38-27-16/h4-7,14,19H,3,8-9H2,1-2H3,(H3-,22,23,24,27,31,33,34)/p+1/b26-13-/t14-,19-/m1/s1. The van der Waals surface area contributed by atoms with E-state index in [1.54, 1.807) is 23.0 Å². The van der Waals surface area contributed by atoms with Gasteiger partial charge < -0.3 is 25.7 Å². The highest BCUT2D eigenvalue weighted by molar-refractivity contribution is 8.00. The van der Waals surface area contributed by atoms with Gasteiger partial charge in [-0.2, -0.15) is 9.36 Å². The van der Waals surface area contributed by atoms with Crippen LogP contribution in [0, 0.1) is 0 Å². The van der Waals surface area contributed by atoms with Crippen molar-refractivity contribution in [3.05, 3.63) is 41.6 Å². The molecule has 0 spiro atoms. The third-order valence-corrected chi connectivity index (χ3v) is 7.62. The number of thioether (sulfide) groups is 1. The van der Waals surface area contributed by atoms with Gasteiger partial charge in [-0.15, -0.1) is 11.8 Å². The number of amides is 2. The van der Waals surface area contributed by atoms with Gasteiger partial charge in [-0.3, -0.25) is 14.5 Å². The Bertz CT molecular complexity index is 1500. The number of anilines is 1. The molecule has 2 amide bonds. The number of nitrogens with two attached hydrogens (primary N) is 1. The number of aliphatic carboxylic acids is 1. The summed E-state index contributed by atoms with van der Waals surface area (Å²) in [6, 6.07) is 2.59. The fourth-order valence-corrected chi connectivity index (χ4v) is 5.92. The molecule has 17 heteroatoms. The van der Waals surface area contributed by atoms with Crippen molar-refractivity contribution in [1.82, 2.24) is 29.2 Å². The van der Waals surface area contributed by atoms with Crippen LogP contribution in [-0.2, 0) is 25.8 Å². The summed E-state index contributed by atoms with van der Waals surface area (Å²) in [6.07, 6.45) is 3.51. The van der Waals surface area contributed by atoms with Crippen LogP contribution in [0.1, 0.15) is 12.7 Å². The van der Waals surface area contributed by atoms with Gasteiger partial charge in [-0.1, -0.05) is 9.67 Å². The number of nitrogens with one attached hydrogen (secondary N) is 1. The summed E-state index contributed by atoms with van der Waals surface area (Å²) in [5.74, 6) is -1.77. The highest BCUT2D eigenvalue weighted by atomic mass is 32.2. The van der Waals surface area contributed by atoms with Crippen molar-refractivity contribution in [3.63, 3.8) is 0 Å². The van der Waals surface area contributed by atoms with Gasteiger partial charge in [-0.25, -0.2) is 9.36 Å². The van der Waals surface area contributed by atoms with E-state index >= 15 is 0 Å². The molecule has 4 N–H and O–H groups in total. The maximum atomic E-state index is 13.1. The summed E-state index contributed by atoms with van der Waals surface area (Å²) in [6.45, 7) is 2.58. The predicted molar refractivity (Wildman–Crippen MR) is 134 cm³/mol. The van der Waals surface area contributed by atoms with Gasteiger partial charge >= 0.3 is 11.6 Å². The zero-order valence-electron chi connectivity index (χ0n) is 20.1. The van der Waals surface area contributed by atoms with E-state index in [0.29, 0.717) is 23.8 Å². The molecular formula is C21H22N9O6S2+. The first kappa shape index (κ1) is 25.4. The van der Waals surface area contributed by atoms with Crippen LogP contribution in [0.4, 0.5) is 5.13 Å². The minimum Gasteiger partial charge on any atom is -0.477 e. The topological polar surface area (TPSA) is 191 Å².